The van der Waals surface area contributed by atoms with Crippen LogP contribution in [0.4, 0.5) is 4.79 Å². The first-order valence-electron chi connectivity index (χ1n) is 10.5. The fourth-order valence-electron chi connectivity index (χ4n) is 2.54. The van der Waals surface area contributed by atoms with Crippen molar-refractivity contribution < 1.29 is 33.8 Å². The van der Waals surface area contributed by atoms with Crippen LogP contribution in [0.5, 0.6) is 0 Å². The highest BCUT2D eigenvalue weighted by Crippen LogP contribution is 2.13. The first-order chi connectivity index (χ1) is 14.1. The summed E-state index contributed by atoms with van der Waals surface area (Å²) in [6, 6.07) is -3.05. The molecule has 0 saturated carbocycles. The second kappa shape index (κ2) is 13.1. The molecule has 0 rings (SSSR count). The van der Waals surface area contributed by atoms with E-state index >= 15 is 0 Å². The molecule has 0 aromatic rings. The number of carbonyl (C=O) groups excluding carboxylic acids is 3. The SMILES string of the molecule is CNCCCC[C@H](NC(=O)N[C@@H](CCC(=O)OC(C)(C)C)C(=O)OC(C)(C)C)C(=O)O. The van der Waals surface area contributed by atoms with Crippen LogP contribution >= 0.6 is 0 Å². The van der Waals surface area contributed by atoms with Gasteiger partial charge < -0.3 is 30.5 Å². The number of esters is 2. The van der Waals surface area contributed by atoms with Crippen LogP contribution in [0.2, 0.25) is 0 Å². The van der Waals surface area contributed by atoms with Gasteiger partial charge in [0.2, 0.25) is 0 Å². The van der Waals surface area contributed by atoms with Crippen molar-refractivity contribution in [2.45, 2.75) is 96.9 Å². The van der Waals surface area contributed by atoms with Gasteiger partial charge in [-0.05, 0) is 80.8 Å². The largest absolute Gasteiger partial charge is 0.480 e. The number of hydrogen-bond donors (Lipinski definition) is 4. The number of ether oxygens (including phenoxy) is 2. The third kappa shape index (κ3) is 15.1. The van der Waals surface area contributed by atoms with E-state index < -0.39 is 47.2 Å². The summed E-state index contributed by atoms with van der Waals surface area (Å²) in [5.41, 5.74) is -1.47. The summed E-state index contributed by atoms with van der Waals surface area (Å²) >= 11 is 0. The molecule has 0 saturated heterocycles. The number of carboxylic acid groups (broad SMARTS) is 1. The molecular formula is C21H39N3O7. The zero-order valence-electron chi connectivity index (χ0n) is 19.8. The van der Waals surface area contributed by atoms with Crippen LogP contribution in [-0.4, -0.2) is 65.9 Å². The Morgan fingerprint density at radius 2 is 1.39 bits per heavy atom. The highest BCUT2D eigenvalue weighted by molar-refractivity contribution is 5.87. The molecule has 0 aliphatic heterocycles. The van der Waals surface area contributed by atoms with Crippen LogP contribution in [0.3, 0.4) is 0 Å². The summed E-state index contributed by atoms with van der Waals surface area (Å²) in [4.78, 5) is 48.3. The van der Waals surface area contributed by atoms with Crippen LogP contribution in [0.1, 0.15) is 73.6 Å². The maximum absolute atomic E-state index is 12.5. The summed E-state index contributed by atoms with van der Waals surface area (Å²) in [6.07, 6.45) is 1.46. The number of amides is 2. The van der Waals surface area contributed by atoms with E-state index in [2.05, 4.69) is 16.0 Å². The molecular weight excluding hydrogens is 406 g/mol. The number of nitrogens with one attached hydrogen (secondary N) is 3. The second-order valence-electron chi connectivity index (χ2n) is 9.32. The van der Waals surface area contributed by atoms with Crippen molar-refractivity contribution >= 4 is 23.9 Å². The maximum atomic E-state index is 12.5. The summed E-state index contributed by atoms with van der Waals surface area (Å²) in [7, 11) is 1.80. The van der Waals surface area contributed by atoms with Gasteiger partial charge in [0.1, 0.15) is 23.3 Å². The van der Waals surface area contributed by atoms with Crippen molar-refractivity contribution in [1.82, 2.24) is 16.0 Å². The number of aliphatic carboxylic acids is 1. The molecule has 180 valence electrons. The standard InChI is InChI=1S/C21H39N3O7/c1-20(2,3)30-16(25)12-11-15(18(28)31-21(4,5)6)24-19(29)23-14(17(26)27)10-8-9-13-22-7/h14-15,22H,8-13H2,1-7H3,(H,26,27)(H2,23,24,29)/t14-,15-/m0/s1. The van der Waals surface area contributed by atoms with Crippen LogP contribution in [0, 0.1) is 0 Å². The molecule has 0 aromatic carbocycles. The lowest BCUT2D eigenvalue weighted by Crippen LogP contribution is -2.52. The van der Waals surface area contributed by atoms with E-state index in [1.165, 1.54) is 0 Å². The first-order valence-corrected chi connectivity index (χ1v) is 10.5. The van der Waals surface area contributed by atoms with Gasteiger partial charge in [-0.2, -0.15) is 0 Å². The Balaban J connectivity index is 5.05. The van der Waals surface area contributed by atoms with Gasteiger partial charge in [-0.1, -0.05) is 0 Å². The molecule has 10 nitrogen and oxygen atoms in total. The smallest absolute Gasteiger partial charge is 0.329 e. The minimum absolute atomic E-state index is 0.0445. The third-order valence-electron chi connectivity index (χ3n) is 3.83. The molecule has 0 aliphatic carbocycles. The van der Waals surface area contributed by atoms with Crippen molar-refractivity contribution in [3.63, 3.8) is 0 Å². The van der Waals surface area contributed by atoms with Crippen LogP contribution in [-0.2, 0) is 23.9 Å². The fraction of sp³-hybridized carbons (Fsp3) is 0.810. The lowest BCUT2D eigenvalue weighted by molar-refractivity contribution is -0.158. The van der Waals surface area contributed by atoms with Gasteiger partial charge in [-0.3, -0.25) is 4.79 Å². The van der Waals surface area contributed by atoms with Gasteiger partial charge in [0, 0.05) is 6.42 Å². The van der Waals surface area contributed by atoms with E-state index in [0.29, 0.717) is 6.42 Å². The van der Waals surface area contributed by atoms with Gasteiger partial charge in [-0.15, -0.1) is 0 Å². The summed E-state index contributed by atoms with van der Waals surface area (Å²) < 4.78 is 10.6. The summed E-state index contributed by atoms with van der Waals surface area (Å²) in [5, 5.41) is 17.1. The lowest BCUT2D eigenvalue weighted by atomic mass is 10.1. The predicted octanol–water partition coefficient (Wildman–Crippen LogP) is 1.96. The Kier molecular flexibility index (Phi) is 12.1. The average molecular weight is 446 g/mol. The van der Waals surface area contributed by atoms with E-state index in [1.807, 2.05) is 0 Å². The zero-order chi connectivity index (χ0) is 24.2. The van der Waals surface area contributed by atoms with Crippen molar-refractivity contribution in [3.8, 4) is 0 Å². The Morgan fingerprint density at radius 3 is 1.87 bits per heavy atom. The number of rotatable bonds is 12. The third-order valence-corrected chi connectivity index (χ3v) is 3.83. The molecule has 0 heterocycles. The van der Waals surface area contributed by atoms with Gasteiger partial charge in [-0.25, -0.2) is 14.4 Å². The van der Waals surface area contributed by atoms with Crippen molar-refractivity contribution in [2.24, 2.45) is 0 Å². The minimum Gasteiger partial charge on any atom is -0.480 e. The molecule has 2 amide bonds. The van der Waals surface area contributed by atoms with Crippen molar-refractivity contribution in [3.05, 3.63) is 0 Å². The van der Waals surface area contributed by atoms with E-state index in [9.17, 15) is 24.3 Å². The zero-order valence-corrected chi connectivity index (χ0v) is 19.8. The first kappa shape index (κ1) is 28.6. The topological polar surface area (TPSA) is 143 Å². The molecule has 0 aliphatic rings. The quantitative estimate of drug-likeness (QED) is 0.264. The highest BCUT2D eigenvalue weighted by atomic mass is 16.6. The molecule has 0 fully saturated rings. The molecule has 0 aromatic heterocycles. The van der Waals surface area contributed by atoms with Gasteiger partial charge in [0.15, 0.2) is 0 Å². The molecule has 31 heavy (non-hydrogen) atoms. The number of unbranched alkanes of at least 4 members (excludes halogenated alkanes) is 1. The normalized spacial score (nSPS) is 13.6. The summed E-state index contributed by atoms with van der Waals surface area (Å²) in [5.74, 6) is -2.40. The molecule has 0 radical (unpaired) electrons. The maximum Gasteiger partial charge on any atom is 0.329 e. The molecule has 0 spiro atoms. The number of carbonyl (C=O) groups is 4. The predicted molar refractivity (Wildman–Crippen MR) is 116 cm³/mol. The van der Waals surface area contributed by atoms with Crippen LogP contribution in [0.25, 0.3) is 0 Å². The van der Waals surface area contributed by atoms with E-state index in [0.717, 1.165) is 13.0 Å². The Morgan fingerprint density at radius 1 is 0.839 bits per heavy atom. The second-order valence-corrected chi connectivity index (χ2v) is 9.32. The van der Waals surface area contributed by atoms with Gasteiger partial charge >= 0.3 is 23.9 Å². The van der Waals surface area contributed by atoms with Crippen LogP contribution < -0.4 is 16.0 Å². The Bertz CT molecular complexity index is 609. The lowest BCUT2D eigenvalue weighted by Gasteiger charge is -2.25. The molecule has 4 N–H and O–H groups in total. The van der Waals surface area contributed by atoms with E-state index in [1.54, 1.807) is 48.6 Å². The van der Waals surface area contributed by atoms with Crippen LogP contribution in [0.15, 0.2) is 0 Å². The van der Waals surface area contributed by atoms with Gasteiger partial charge in [0.25, 0.3) is 0 Å². The monoisotopic (exact) mass is 445 g/mol. The molecule has 10 heteroatoms. The van der Waals surface area contributed by atoms with Crippen molar-refractivity contribution in [2.75, 3.05) is 13.6 Å². The molecule has 0 unspecified atom stereocenters. The summed E-state index contributed by atoms with van der Waals surface area (Å²) in [6.45, 7) is 11.0. The molecule has 0 bridgehead atoms. The minimum atomic E-state index is -1.16. The number of hydrogen-bond acceptors (Lipinski definition) is 7. The number of carboxylic acids is 1. The Hall–Kier alpha value is -2.36. The van der Waals surface area contributed by atoms with E-state index in [-0.39, 0.29) is 19.3 Å². The van der Waals surface area contributed by atoms with Gasteiger partial charge in [0.05, 0.1) is 0 Å². The van der Waals surface area contributed by atoms with Crippen molar-refractivity contribution in [1.29, 1.82) is 0 Å². The Labute approximate surface area is 184 Å². The van der Waals surface area contributed by atoms with E-state index in [4.69, 9.17) is 9.47 Å². The average Bonchev–Trinajstić information content (AvgIpc) is 2.57. The fourth-order valence-corrected chi connectivity index (χ4v) is 2.54. The molecule has 2 atom stereocenters. The highest BCUT2D eigenvalue weighted by Gasteiger charge is 2.29. The number of urea groups is 1.